The third kappa shape index (κ3) is 3.51. The number of halogens is 1. The first-order chi connectivity index (χ1) is 9.32. The van der Waals surface area contributed by atoms with E-state index in [1.165, 1.54) is 4.90 Å². The fourth-order valence-corrected chi connectivity index (χ4v) is 2.67. The van der Waals surface area contributed by atoms with Gasteiger partial charge in [0.25, 0.3) is 0 Å². The maximum absolute atomic E-state index is 14.5. The van der Waals surface area contributed by atoms with E-state index in [1.54, 1.807) is 0 Å². The van der Waals surface area contributed by atoms with Gasteiger partial charge in [-0.05, 0) is 40.0 Å². The molecule has 0 unspecified atom stereocenters. The molecule has 2 rings (SSSR count). The van der Waals surface area contributed by atoms with Crippen molar-refractivity contribution >= 4 is 6.09 Å². The van der Waals surface area contributed by atoms with Crippen LogP contribution in [0.5, 0.6) is 0 Å². The number of rotatable bonds is 0. The molecule has 1 fully saturated rings. The lowest BCUT2D eigenvalue weighted by molar-refractivity contribution is -0.123. The summed E-state index contributed by atoms with van der Waals surface area (Å²) in [4.78, 5) is 13.4. The zero-order valence-electron chi connectivity index (χ0n) is 12.5. The maximum Gasteiger partial charge on any atom is 0.410 e. The highest BCUT2D eigenvalue weighted by atomic mass is 19.1. The van der Waals surface area contributed by atoms with Gasteiger partial charge in [-0.1, -0.05) is 12.2 Å². The number of amides is 1. The van der Waals surface area contributed by atoms with Crippen LogP contribution in [-0.2, 0) is 9.47 Å². The van der Waals surface area contributed by atoms with Crippen molar-refractivity contribution in [2.45, 2.75) is 57.4 Å². The molecule has 0 aromatic heterocycles. The zero-order chi connectivity index (χ0) is 14.8. The smallest absolute Gasteiger partial charge is 0.410 e. The molecule has 114 valence electrons. The molecule has 0 aromatic rings. The van der Waals surface area contributed by atoms with E-state index in [0.717, 1.165) is 6.42 Å². The number of carbonyl (C=O) groups excluding carboxylic acids is 1. The molecule has 2 aliphatic rings. The molecule has 4 nitrogen and oxygen atoms in total. The van der Waals surface area contributed by atoms with Crippen LogP contribution in [0.4, 0.5) is 9.18 Å². The molecule has 2 heterocycles. The number of carbonyl (C=O) groups is 1. The summed E-state index contributed by atoms with van der Waals surface area (Å²) in [5.74, 6) is 0. The molecular formula is C15H24FNO3. The number of hydrogen-bond acceptors (Lipinski definition) is 3. The van der Waals surface area contributed by atoms with Crippen LogP contribution in [0.15, 0.2) is 12.2 Å². The van der Waals surface area contributed by atoms with Crippen LogP contribution in [0.25, 0.3) is 0 Å². The van der Waals surface area contributed by atoms with Gasteiger partial charge in [0, 0.05) is 6.54 Å². The van der Waals surface area contributed by atoms with Crippen LogP contribution in [0.3, 0.4) is 0 Å². The second kappa shape index (κ2) is 5.72. The van der Waals surface area contributed by atoms with Gasteiger partial charge in [0.15, 0.2) is 0 Å². The first-order valence-corrected chi connectivity index (χ1v) is 7.23. The molecule has 1 spiro atoms. The van der Waals surface area contributed by atoms with Gasteiger partial charge in [-0.15, -0.1) is 0 Å². The Morgan fingerprint density at radius 2 is 2.15 bits per heavy atom. The van der Waals surface area contributed by atoms with Gasteiger partial charge in [0.2, 0.25) is 0 Å². The quantitative estimate of drug-likeness (QED) is 0.642. The standard InChI is InChI=1S/C15H24FNO3/c1-14(2,3)20-13(18)17-9-8-15(12(16)11-17)7-5-4-6-10-19-15/h4,6,12H,5,7-11H2,1-3H3/t12-,15-/m1/s1. The second-order valence-corrected chi connectivity index (χ2v) is 6.53. The Hall–Kier alpha value is -1.10. The van der Waals surface area contributed by atoms with Gasteiger partial charge in [0.05, 0.1) is 13.2 Å². The summed E-state index contributed by atoms with van der Waals surface area (Å²) < 4.78 is 25.6. The molecule has 1 saturated heterocycles. The summed E-state index contributed by atoms with van der Waals surface area (Å²) in [6, 6.07) is 0. The molecular weight excluding hydrogens is 261 g/mol. The number of likely N-dealkylation sites (tertiary alicyclic amines) is 1. The fraction of sp³-hybridized carbons (Fsp3) is 0.800. The number of nitrogens with zero attached hydrogens (tertiary/aromatic N) is 1. The van der Waals surface area contributed by atoms with Crippen LogP contribution in [-0.4, -0.2) is 48.1 Å². The van der Waals surface area contributed by atoms with E-state index in [9.17, 15) is 9.18 Å². The van der Waals surface area contributed by atoms with E-state index in [2.05, 4.69) is 0 Å². The Bertz CT molecular complexity index is 379. The molecule has 2 atom stereocenters. The summed E-state index contributed by atoms with van der Waals surface area (Å²) in [5, 5.41) is 0. The summed E-state index contributed by atoms with van der Waals surface area (Å²) >= 11 is 0. The molecule has 0 radical (unpaired) electrons. The van der Waals surface area contributed by atoms with Gasteiger partial charge in [-0.2, -0.15) is 0 Å². The van der Waals surface area contributed by atoms with E-state index in [-0.39, 0.29) is 6.54 Å². The summed E-state index contributed by atoms with van der Waals surface area (Å²) in [6.07, 6.45) is 4.38. The SMILES string of the molecule is CC(C)(C)OC(=O)N1CC[C@]2(CCC=CCO2)[C@H](F)C1. The van der Waals surface area contributed by atoms with Crippen molar-refractivity contribution in [3.63, 3.8) is 0 Å². The average Bonchev–Trinajstić information content (AvgIpc) is 2.57. The topological polar surface area (TPSA) is 38.8 Å². The number of alkyl halides is 1. The van der Waals surface area contributed by atoms with Gasteiger partial charge in [0.1, 0.15) is 17.4 Å². The van der Waals surface area contributed by atoms with Gasteiger partial charge in [-0.3, -0.25) is 0 Å². The number of piperidine rings is 1. The lowest BCUT2D eigenvalue weighted by atomic mass is 9.85. The zero-order valence-corrected chi connectivity index (χ0v) is 12.5. The Labute approximate surface area is 119 Å². The number of allylic oxidation sites excluding steroid dienone is 1. The van der Waals surface area contributed by atoms with Crippen molar-refractivity contribution in [1.82, 2.24) is 4.90 Å². The minimum absolute atomic E-state index is 0.0505. The Balaban J connectivity index is 1.96. The molecule has 0 aromatic carbocycles. The van der Waals surface area contributed by atoms with Crippen LogP contribution in [0.2, 0.25) is 0 Å². The number of ether oxygens (including phenoxy) is 2. The molecule has 0 saturated carbocycles. The Morgan fingerprint density at radius 3 is 2.80 bits per heavy atom. The summed E-state index contributed by atoms with van der Waals surface area (Å²) in [7, 11) is 0. The van der Waals surface area contributed by atoms with Crippen molar-refractivity contribution < 1.29 is 18.7 Å². The average molecular weight is 285 g/mol. The normalized spacial score (nSPS) is 31.2. The van der Waals surface area contributed by atoms with E-state index in [4.69, 9.17) is 9.47 Å². The van der Waals surface area contributed by atoms with Crippen molar-refractivity contribution in [3.8, 4) is 0 Å². The summed E-state index contributed by atoms with van der Waals surface area (Å²) in [6.45, 7) is 6.41. The largest absolute Gasteiger partial charge is 0.444 e. The Morgan fingerprint density at radius 1 is 1.40 bits per heavy atom. The lowest BCUT2D eigenvalue weighted by Crippen LogP contribution is -2.56. The minimum Gasteiger partial charge on any atom is -0.444 e. The van der Waals surface area contributed by atoms with E-state index in [1.807, 2.05) is 32.9 Å². The fourth-order valence-electron chi connectivity index (χ4n) is 2.67. The van der Waals surface area contributed by atoms with Crippen molar-refractivity contribution in [1.29, 1.82) is 0 Å². The molecule has 0 aliphatic carbocycles. The highest BCUT2D eigenvalue weighted by molar-refractivity contribution is 5.68. The van der Waals surface area contributed by atoms with Gasteiger partial charge < -0.3 is 14.4 Å². The van der Waals surface area contributed by atoms with E-state index in [0.29, 0.717) is 26.0 Å². The van der Waals surface area contributed by atoms with Crippen LogP contribution in [0.1, 0.15) is 40.0 Å². The van der Waals surface area contributed by atoms with E-state index >= 15 is 0 Å². The Kier molecular flexibility index (Phi) is 4.37. The minimum atomic E-state index is -1.16. The first-order valence-electron chi connectivity index (χ1n) is 7.23. The van der Waals surface area contributed by atoms with Gasteiger partial charge >= 0.3 is 6.09 Å². The second-order valence-electron chi connectivity index (χ2n) is 6.53. The predicted octanol–water partition coefficient (Wildman–Crippen LogP) is 3.07. The van der Waals surface area contributed by atoms with Crippen LogP contribution < -0.4 is 0 Å². The lowest BCUT2D eigenvalue weighted by Gasteiger charge is -2.43. The molecule has 1 amide bonds. The first kappa shape index (κ1) is 15.3. The molecule has 2 aliphatic heterocycles. The van der Waals surface area contributed by atoms with Crippen molar-refractivity contribution in [2.75, 3.05) is 19.7 Å². The molecule has 0 bridgehead atoms. The maximum atomic E-state index is 14.5. The van der Waals surface area contributed by atoms with Crippen LogP contribution >= 0.6 is 0 Å². The van der Waals surface area contributed by atoms with Crippen molar-refractivity contribution in [3.05, 3.63) is 12.2 Å². The molecule has 20 heavy (non-hydrogen) atoms. The monoisotopic (exact) mass is 285 g/mol. The van der Waals surface area contributed by atoms with Crippen molar-refractivity contribution in [2.24, 2.45) is 0 Å². The van der Waals surface area contributed by atoms with Gasteiger partial charge in [-0.25, -0.2) is 9.18 Å². The molecule has 0 N–H and O–H groups in total. The predicted molar refractivity (Wildman–Crippen MR) is 74.4 cm³/mol. The third-order valence-corrected chi connectivity index (χ3v) is 3.78. The third-order valence-electron chi connectivity index (χ3n) is 3.78. The highest BCUT2D eigenvalue weighted by Crippen LogP contribution is 2.35. The number of hydrogen-bond donors (Lipinski definition) is 0. The molecule has 5 heteroatoms. The highest BCUT2D eigenvalue weighted by Gasteiger charge is 2.46. The van der Waals surface area contributed by atoms with Crippen LogP contribution in [0, 0.1) is 0 Å². The van der Waals surface area contributed by atoms with E-state index < -0.39 is 23.5 Å². The summed E-state index contributed by atoms with van der Waals surface area (Å²) in [5.41, 5.74) is -1.29.